The number of hydrogen-bond acceptors (Lipinski definition) is 4. The Morgan fingerprint density at radius 1 is 1.41 bits per heavy atom. The van der Waals surface area contributed by atoms with Gasteiger partial charge in [0.15, 0.2) is 5.82 Å². The molecule has 1 heterocycles. The van der Waals surface area contributed by atoms with Crippen LogP contribution in [-0.4, -0.2) is 10.1 Å². The number of halogens is 1. The van der Waals surface area contributed by atoms with E-state index in [4.69, 9.17) is 9.78 Å². The molecule has 84 valence electrons. The molecule has 4 nitrogen and oxygen atoms in total. The van der Waals surface area contributed by atoms with Gasteiger partial charge < -0.3 is 4.52 Å². The first-order chi connectivity index (χ1) is 8.29. The lowest BCUT2D eigenvalue weighted by atomic mass is 10.1. The Morgan fingerprint density at radius 2 is 2.24 bits per heavy atom. The number of rotatable bonds is 2. The highest BCUT2D eigenvalue weighted by Crippen LogP contribution is 2.39. The summed E-state index contributed by atoms with van der Waals surface area (Å²) in [5, 5.41) is 12.8. The van der Waals surface area contributed by atoms with E-state index in [1.165, 1.54) is 12.1 Å². The molecule has 0 atom stereocenters. The van der Waals surface area contributed by atoms with Crippen LogP contribution in [0.4, 0.5) is 4.39 Å². The number of benzene rings is 1. The van der Waals surface area contributed by atoms with Crippen molar-refractivity contribution in [2.75, 3.05) is 0 Å². The van der Waals surface area contributed by atoms with Crippen LogP contribution in [0.1, 0.15) is 30.1 Å². The SMILES string of the molecule is N#Cc1c(F)cccc1-c1nc(C2CC2)no1. The zero-order valence-corrected chi connectivity index (χ0v) is 8.85. The highest BCUT2D eigenvalue weighted by Gasteiger charge is 2.29. The van der Waals surface area contributed by atoms with Crippen molar-refractivity contribution >= 4 is 0 Å². The van der Waals surface area contributed by atoms with Crippen LogP contribution in [-0.2, 0) is 0 Å². The molecule has 0 amide bonds. The Bertz CT molecular complexity index is 610. The highest BCUT2D eigenvalue weighted by molar-refractivity contribution is 5.63. The Kier molecular flexibility index (Phi) is 2.15. The number of hydrogen-bond donors (Lipinski definition) is 0. The van der Waals surface area contributed by atoms with Gasteiger partial charge in [0.25, 0.3) is 5.89 Å². The van der Waals surface area contributed by atoms with Gasteiger partial charge in [0.2, 0.25) is 0 Å². The second-order valence-corrected chi connectivity index (χ2v) is 4.01. The Labute approximate surface area is 96.7 Å². The summed E-state index contributed by atoms with van der Waals surface area (Å²) in [6.45, 7) is 0. The molecule has 2 aromatic rings. The van der Waals surface area contributed by atoms with Gasteiger partial charge in [-0.1, -0.05) is 11.2 Å². The number of aromatic nitrogens is 2. The first-order valence-corrected chi connectivity index (χ1v) is 5.32. The molecule has 1 fully saturated rings. The Morgan fingerprint density at radius 3 is 2.94 bits per heavy atom. The van der Waals surface area contributed by atoms with Crippen LogP contribution in [0.5, 0.6) is 0 Å². The summed E-state index contributed by atoms with van der Waals surface area (Å²) in [6.07, 6.45) is 2.13. The fourth-order valence-electron chi connectivity index (χ4n) is 1.67. The monoisotopic (exact) mass is 229 g/mol. The van der Waals surface area contributed by atoms with Crippen molar-refractivity contribution in [1.29, 1.82) is 5.26 Å². The molecule has 0 saturated heterocycles. The molecular formula is C12H8FN3O. The third kappa shape index (κ3) is 1.68. The molecule has 1 aliphatic carbocycles. The van der Waals surface area contributed by atoms with Crippen LogP contribution >= 0.6 is 0 Å². The second kappa shape index (κ2) is 3.67. The third-order valence-electron chi connectivity index (χ3n) is 2.74. The van der Waals surface area contributed by atoms with Gasteiger partial charge in [-0.05, 0) is 25.0 Å². The molecule has 0 radical (unpaired) electrons. The quantitative estimate of drug-likeness (QED) is 0.794. The van der Waals surface area contributed by atoms with Gasteiger partial charge in [-0.15, -0.1) is 0 Å². The fraction of sp³-hybridized carbons (Fsp3) is 0.250. The van der Waals surface area contributed by atoms with E-state index in [1.54, 1.807) is 6.07 Å². The van der Waals surface area contributed by atoms with Gasteiger partial charge in [0.1, 0.15) is 17.4 Å². The van der Waals surface area contributed by atoms with E-state index in [0.29, 0.717) is 17.3 Å². The largest absolute Gasteiger partial charge is 0.334 e. The minimum absolute atomic E-state index is 0.0569. The van der Waals surface area contributed by atoms with Crippen LogP contribution in [0.3, 0.4) is 0 Å². The van der Waals surface area contributed by atoms with E-state index < -0.39 is 5.82 Å². The molecule has 0 N–H and O–H groups in total. The summed E-state index contributed by atoms with van der Waals surface area (Å²) in [4.78, 5) is 4.20. The van der Waals surface area contributed by atoms with Gasteiger partial charge in [0, 0.05) is 5.92 Å². The first kappa shape index (κ1) is 9.97. The number of nitrogens with zero attached hydrogens (tertiary/aromatic N) is 3. The molecule has 1 aromatic carbocycles. The van der Waals surface area contributed by atoms with E-state index in [2.05, 4.69) is 10.1 Å². The zero-order valence-electron chi connectivity index (χ0n) is 8.85. The Balaban J connectivity index is 2.08. The fourth-order valence-corrected chi connectivity index (χ4v) is 1.67. The minimum atomic E-state index is -0.573. The predicted octanol–water partition coefficient (Wildman–Crippen LogP) is 2.62. The summed E-state index contributed by atoms with van der Waals surface area (Å²) in [5.41, 5.74) is 0.297. The van der Waals surface area contributed by atoms with Gasteiger partial charge in [0.05, 0.1) is 5.56 Å². The molecule has 0 bridgehead atoms. The summed E-state index contributed by atoms with van der Waals surface area (Å²) in [5.74, 6) is 0.652. The van der Waals surface area contributed by atoms with E-state index in [-0.39, 0.29) is 11.5 Å². The zero-order chi connectivity index (χ0) is 11.8. The molecular weight excluding hydrogens is 221 g/mol. The van der Waals surface area contributed by atoms with Crippen LogP contribution in [0.2, 0.25) is 0 Å². The lowest BCUT2D eigenvalue weighted by Crippen LogP contribution is -1.89. The van der Waals surface area contributed by atoms with Gasteiger partial charge in [-0.3, -0.25) is 0 Å². The van der Waals surface area contributed by atoms with Crippen LogP contribution in [0, 0.1) is 17.1 Å². The molecule has 3 rings (SSSR count). The summed E-state index contributed by atoms with van der Waals surface area (Å²) in [7, 11) is 0. The maximum atomic E-state index is 13.4. The van der Waals surface area contributed by atoms with Crippen molar-refractivity contribution in [3.63, 3.8) is 0 Å². The van der Waals surface area contributed by atoms with Gasteiger partial charge in [-0.25, -0.2) is 4.39 Å². The average Bonchev–Trinajstić information content (AvgIpc) is 3.07. The van der Waals surface area contributed by atoms with Crippen LogP contribution < -0.4 is 0 Å². The maximum Gasteiger partial charge on any atom is 0.259 e. The molecule has 0 spiro atoms. The number of nitriles is 1. The standard InChI is InChI=1S/C12H8FN3O/c13-10-3-1-2-8(9(10)6-14)12-15-11(16-17-12)7-4-5-7/h1-3,7H,4-5H2. The van der Waals surface area contributed by atoms with Gasteiger partial charge in [-0.2, -0.15) is 10.2 Å². The third-order valence-corrected chi connectivity index (χ3v) is 2.74. The molecule has 5 heteroatoms. The van der Waals surface area contributed by atoms with Crippen molar-refractivity contribution in [2.45, 2.75) is 18.8 Å². The van der Waals surface area contributed by atoms with Gasteiger partial charge >= 0.3 is 0 Å². The lowest BCUT2D eigenvalue weighted by molar-refractivity contribution is 0.422. The summed E-state index contributed by atoms with van der Waals surface area (Å²) >= 11 is 0. The summed E-state index contributed by atoms with van der Waals surface area (Å²) in [6, 6.07) is 6.17. The molecule has 17 heavy (non-hydrogen) atoms. The first-order valence-electron chi connectivity index (χ1n) is 5.32. The second-order valence-electron chi connectivity index (χ2n) is 4.01. The molecule has 0 unspecified atom stereocenters. The predicted molar refractivity (Wildman–Crippen MR) is 56.4 cm³/mol. The van der Waals surface area contributed by atoms with E-state index in [0.717, 1.165) is 12.8 Å². The minimum Gasteiger partial charge on any atom is -0.334 e. The molecule has 1 aliphatic rings. The summed E-state index contributed by atoms with van der Waals surface area (Å²) < 4.78 is 18.5. The maximum absolute atomic E-state index is 13.4. The molecule has 1 saturated carbocycles. The lowest BCUT2D eigenvalue weighted by Gasteiger charge is -1.98. The van der Waals surface area contributed by atoms with Crippen molar-refractivity contribution in [2.24, 2.45) is 0 Å². The Hall–Kier alpha value is -2.22. The average molecular weight is 229 g/mol. The van der Waals surface area contributed by atoms with Crippen LogP contribution in [0.25, 0.3) is 11.5 Å². The topological polar surface area (TPSA) is 62.7 Å². The van der Waals surface area contributed by atoms with Crippen molar-refractivity contribution in [3.8, 4) is 17.5 Å². The van der Waals surface area contributed by atoms with E-state index in [1.807, 2.05) is 6.07 Å². The van der Waals surface area contributed by atoms with Crippen molar-refractivity contribution in [1.82, 2.24) is 10.1 Å². The van der Waals surface area contributed by atoms with E-state index >= 15 is 0 Å². The normalized spacial score (nSPS) is 14.6. The molecule has 1 aromatic heterocycles. The smallest absolute Gasteiger partial charge is 0.259 e. The van der Waals surface area contributed by atoms with Crippen molar-refractivity contribution < 1.29 is 8.91 Å². The van der Waals surface area contributed by atoms with Crippen molar-refractivity contribution in [3.05, 3.63) is 35.4 Å². The van der Waals surface area contributed by atoms with Crippen LogP contribution in [0.15, 0.2) is 22.7 Å². The van der Waals surface area contributed by atoms with E-state index in [9.17, 15) is 4.39 Å². The molecule has 0 aliphatic heterocycles. The highest BCUT2D eigenvalue weighted by atomic mass is 19.1.